The number of rotatable bonds is 6. The molecule has 0 aliphatic heterocycles. The van der Waals surface area contributed by atoms with Gasteiger partial charge in [0.05, 0.1) is 28.2 Å². The molecule has 0 spiro atoms. The predicted molar refractivity (Wildman–Crippen MR) is 124 cm³/mol. The molecule has 0 N–H and O–H groups in total. The zero-order chi connectivity index (χ0) is 21.1. The van der Waals surface area contributed by atoms with Crippen LogP contribution in [0.5, 0.6) is 11.5 Å². The average Bonchev–Trinajstić information content (AvgIpc) is 2.91. The Labute approximate surface area is 183 Å². The van der Waals surface area contributed by atoms with Gasteiger partial charge in [0, 0.05) is 13.3 Å². The highest BCUT2D eigenvalue weighted by Gasteiger charge is 2.16. The Morgan fingerprint density at radius 1 is 1.17 bits per heavy atom. The minimum Gasteiger partial charge on any atom is -0.493 e. The monoisotopic (exact) mass is 505 g/mol. The molecular formula is C22H24IN3O3. The van der Waals surface area contributed by atoms with Gasteiger partial charge in [0.15, 0.2) is 17.2 Å². The van der Waals surface area contributed by atoms with Crippen LogP contribution in [0.1, 0.15) is 25.1 Å². The van der Waals surface area contributed by atoms with Crippen LogP contribution in [0.25, 0.3) is 5.69 Å². The summed E-state index contributed by atoms with van der Waals surface area (Å²) in [6, 6.07) is 13.3. The van der Waals surface area contributed by atoms with Crippen LogP contribution in [0, 0.1) is 10.5 Å². The van der Waals surface area contributed by atoms with Crippen molar-refractivity contribution in [2.45, 2.75) is 26.9 Å². The first kappa shape index (κ1) is 21.2. The third-order valence-electron chi connectivity index (χ3n) is 4.47. The Morgan fingerprint density at radius 3 is 2.48 bits per heavy atom. The predicted octanol–water partition coefficient (Wildman–Crippen LogP) is 4.64. The van der Waals surface area contributed by atoms with Crippen LogP contribution in [0.15, 0.2) is 52.3 Å². The first-order valence-electron chi connectivity index (χ1n) is 9.25. The Balaban J connectivity index is 2.01. The summed E-state index contributed by atoms with van der Waals surface area (Å²) in [5, 5.41) is 0. The van der Waals surface area contributed by atoms with E-state index in [1.165, 1.54) is 0 Å². The molecule has 29 heavy (non-hydrogen) atoms. The minimum absolute atomic E-state index is 0.0420. The highest BCUT2D eigenvalue weighted by atomic mass is 127. The summed E-state index contributed by atoms with van der Waals surface area (Å²) >= 11 is 2.22. The van der Waals surface area contributed by atoms with E-state index in [-0.39, 0.29) is 11.7 Å². The van der Waals surface area contributed by atoms with Crippen molar-refractivity contribution in [3.05, 3.63) is 67.6 Å². The summed E-state index contributed by atoms with van der Waals surface area (Å²) in [7, 11) is 3.46. The molecule has 1 aromatic heterocycles. The van der Waals surface area contributed by atoms with Crippen molar-refractivity contribution in [2.75, 3.05) is 7.11 Å². The van der Waals surface area contributed by atoms with Gasteiger partial charge in [-0.05, 0) is 73.2 Å². The van der Waals surface area contributed by atoms with Gasteiger partial charge in [-0.2, -0.15) is 0 Å². The minimum atomic E-state index is -0.158. The molecule has 0 amide bonds. The van der Waals surface area contributed by atoms with Gasteiger partial charge in [-0.1, -0.05) is 18.2 Å². The molecule has 0 saturated carbocycles. The van der Waals surface area contributed by atoms with Gasteiger partial charge in [-0.25, -0.2) is 9.67 Å². The van der Waals surface area contributed by atoms with Crippen molar-refractivity contribution in [1.82, 2.24) is 9.36 Å². The highest BCUT2D eigenvalue weighted by Crippen LogP contribution is 2.34. The average molecular weight is 505 g/mol. The van der Waals surface area contributed by atoms with E-state index in [1.807, 2.05) is 75.0 Å². The lowest BCUT2D eigenvalue weighted by molar-refractivity contribution is 0.228. The van der Waals surface area contributed by atoms with Crippen LogP contribution in [0.4, 0.5) is 5.69 Å². The van der Waals surface area contributed by atoms with Crippen LogP contribution >= 0.6 is 22.6 Å². The van der Waals surface area contributed by atoms with E-state index >= 15 is 0 Å². The second kappa shape index (κ2) is 8.86. The number of methoxy groups -OCH3 is 1. The maximum absolute atomic E-state index is 13.0. The lowest BCUT2D eigenvalue weighted by Crippen LogP contribution is -2.19. The molecule has 0 aliphatic carbocycles. The molecule has 2 aromatic carbocycles. The van der Waals surface area contributed by atoms with Crippen LogP contribution in [0.3, 0.4) is 0 Å². The summed E-state index contributed by atoms with van der Waals surface area (Å²) in [4.78, 5) is 17.5. The van der Waals surface area contributed by atoms with Crippen molar-refractivity contribution < 1.29 is 9.47 Å². The van der Waals surface area contributed by atoms with Crippen molar-refractivity contribution in [3.63, 3.8) is 0 Å². The Morgan fingerprint density at radius 2 is 1.86 bits per heavy atom. The third kappa shape index (κ3) is 4.39. The molecular weight excluding hydrogens is 481 g/mol. The zero-order valence-corrected chi connectivity index (χ0v) is 19.3. The lowest BCUT2D eigenvalue weighted by Gasteiger charge is -2.15. The van der Waals surface area contributed by atoms with E-state index in [0.717, 1.165) is 20.5 Å². The molecule has 1 heterocycles. The molecule has 0 aliphatic rings. The quantitative estimate of drug-likeness (QED) is 0.363. The Hall–Kier alpha value is -2.55. The molecule has 152 valence electrons. The fraction of sp³-hybridized carbons (Fsp3) is 0.273. The zero-order valence-electron chi connectivity index (χ0n) is 17.1. The molecule has 0 fully saturated rings. The fourth-order valence-corrected chi connectivity index (χ4v) is 3.76. The summed E-state index contributed by atoms with van der Waals surface area (Å²) in [6.45, 7) is 5.83. The van der Waals surface area contributed by atoms with Gasteiger partial charge in [0.25, 0.3) is 5.56 Å². The number of hydrogen-bond donors (Lipinski definition) is 0. The van der Waals surface area contributed by atoms with E-state index in [0.29, 0.717) is 17.2 Å². The van der Waals surface area contributed by atoms with Crippen LogP contribution in [-0.2, 0) is 7.05 Å². The smallest absolute Gasteiger partial charge is 0.297 e. The Bertz CT molecular complexity index is 1100. The molecule has 7 heteroatoms. The van der Waals surface area contributed by atoms with Gasteiger partial charge >= 0.3 is 0 Å². The molecule has 0 atom stereocenters. The summed E-state index contributed by atoms with van der Waals surface area (Å²) in [5.41, 5.74) is 2.67. The van der Waals surface area contributed by atoms with Crippen molar-refractivity contribution in [3.8, 4) is 17.2 Å². The largest absolute Gasteiger partial charge is 0.493 e. The number of halogens is 1. The molecule has 0 unspecified atom stereocenters. The molecule has 6 nitrogen and oxygen atoms in total. The first-order valence-corrected chi connectivity index (χ1v) is 10.3. The van der Waals surface area contributed by atoms with Gasteiger partial charge in [-0.3, -0.25) is 9.48 Å². The SMILES string of the molecule is COc1cc(C=Nc2c(C)n(C)n(-c3ccccc3)c2=O)cc(I)c1OC(C)C. The van der Waals surface area contributed by atoms with Crippen LogP contribution in [-0.4, -0.2) is 28.8 Å². The maximum Gasteiger partial charge on any atom is 0.297 e. The highest BCUT2D eigenvalue weighted by molar-refractivity contribution is 14.1. The number of benzene rings is 2. The van der Waals surface area contributed by atoms with Gasteiger partial charge in [0.1, 0.15) is 0 Å². The van der Waals surface area contributed by atoms with E-state index in [4.69, 9.17) is 9.47 Å². The van der Waals surface area contributed by atoms with Crippen molar-refractivity contribution in [1.29, 1.82) is 0 Å². The topological polar surface area (TPSA) is 57.8 Å². The number of aromatic nitrogens is 2. The standard InChI is InChI=1S/C22H24IN3O3/c1-14(2)29-21-18(23)11-16(12-19(21)28-5)13-24-20-15(3)25(4)26(22(20)27)17-9-7-6-8-10-17/h6-14H,1-5H3. The van der Waals surface area contributed by atoms with Crippen LogP contribution in [0.2, 0.25) is 0 Å². The first-order chi connectivity index (χ1) is 13.8. The molecule has 3 aromatic rings. The second-order valence-corrected chi connectivity index (χ2v) is 8.03. The number of ether oxygens (including phenoxy) is 2. The molecule has 0 radical (unpaired) electrons. The molecule has 3 rings (SSSR count). The summed E-state index contributed by atoms with van der Waals surface area (Å²) in [6.07, 6.45) is 1.73. The maximum atomic E-state index is 13.0. The summed E-state index contributed by atoms with van der Waals surface area (Å²) < 4.78 is 15.7. The molecule has 0 saturated heterocycles. The van der Waals surface area contributed by atoms with E-state index in [1.54, 1.807) is 18.0 Å². The number of nitrogens with zero attached hydrogens (tertiary/aromatic N) is 3. The second-order valence-electron chi connectivity index (χ2n) is 6.87. The van der Waals surface area contributed by atoms with E-state index in [2.05, 4.69) is 27.6 Å². The van der Waals surface area contributed by atoms with Crippen molar-refractivity contribution >= 4 is 34.5 Å². The number of para-hydroxylation sites is 1. The van der Waals surface area contributed by atoms with Gasteiger partial charge < -0.3 is 9.47 Å². The summed E-state index contributed by atoms with van der Waals surface area (Å²) in [5.74, 6) is 1.35. The van der Waals surface area contributed by atoms with E-state index < -0.39 is 0 Å². The lowest BCUT2D eigenvalue weighted by atomic mass is 10.2. The van der Waals surface area contributed by atoms with Crippen molar-refractivity contribution in [2.24, 2.45) is 12.0 Å². The normalized spacial score (nSPS) is 11.4. The Kier molecular flexibility index (Phi) is 6.46. The van der Waals surface area contributed by atoms with Gasteiger partial charge in [-0.15, -0.1) is 0 Å². The third-order valence-corrected chi connectivity index (χ3v) is 5.27. The number of hydrogen-bond acceptors (Lipinski definition) is 4. The molecule has 0 bridgehead atoms. The number of aliphatic imine (C=N–C) groups is 1. The van der Waals surface area contributed by atoms with E-state index in [9.17, 15) is 4.79 Å². The van der Waals surface area contributed by atoms with Gasteiger partial charge in [0.2, 0.25) is 0 Å². The fourth-order valence-electron chi connectivity index (χ4n) is 3.01. The van der Waals surface area contributed by atoms with Crippen LogP contribution < -0.4 is 15.0 Å².